The Morgan fingerprint density at radius 3 is 2.10 bits per heavy atom. The molecule has 0 spiro atoms. The second kappa shape index (κ2) is 6.04. The number of benzene rings is 1. The first-order valence-corrected chi connectivity index (χ1v) is 9.02. The van der Waals surface area contributed by atoms with Gasteiger partial charge in [-0.05, 0) is 30.7 Å². The topological polar surface area (TPSA) is 132 Å². The first-order chi connectivity index (χ1) is 9.08. The van der Waals surface area contributed by atoms with E-state index in [1.54, 1.807) is 6.92 Å². The molecule has 0 saturated carbocycles. The van der Waals surface area contributed by atoms with Crippen LogP contribution in [0.25, 0.3) is 0 Å². The zero-order valence-corrected chi connectivity index (χ0v) is 13.1. The SMILES string of the molecule is CCC(C(N)=S)S(=O)(=O)Nc1ccc(S(N)(=O)=O)cc1. The van der Waals surface area contributed by atoms with E-state index in [1.165, 1.54) is 24.3 Å². The normalized spacial score (nSPS) is 13.7. The Labute approximate surface area is 123 Å². The Bertz CT molecular complexity index is 696. The average molecular weight is 337 g/mol. The first-order valence-electron chi connectivity index (χ1n) is 5.51. The lowest BCUT2D eigenvalue weighted by molar-refractivity contribution is 0.594. The summed E-state index contributed by atoms with van der Waals surface area (Å²) in [6.45, 7) is 1.65. The van der Waals surface area contributed by atoms with E-state index < -0.39 is 25.3 Å². The number of thiocarbonyl (C=S) groups is 1. The molecule has 0 aromatic heterocycles. The predicted octanol–water partition coefficient (Wildman–Crippen LogP) is 0.140. The third kappa shape index (κ3) is 4.13. The van der Waals surface area contributed by atoms with Crippen LogP contribution in [-0.2, 0) is 20.0 Å². The van der Waals surface area contributed by atoms with Gasteiger partial charge in [-0.15, -0.1) is 0 Å². The van der Waals surface area contributed by atoms with E-state index in [0.29, 0.717) is 0 Å². The van der Waals surface area contributed by atoms with E-state index in [9.17, 15) is 16.8 Å². The second-order valence-corrected chi connectivity index (χ2v) is 7.91. The van der Waals surface area contributed by atoms with Crippen LogP contribution >= 0.6 is 12.2 Å². The summed E-state index contributed by atoms with van der Waals surface area (Å²) < 4.78 is 48.5. The van der Waals surface area contributed by atoms with E-state index in [4.69, 9.17) is 23.1 Å². The molecule has 0 amide bonds. The quantitative estimate of drug-likeness (QED) is 0.633. The largest absolute Gasteiger partial charge is 0.392 e. The summed E-state index contributed by atoms with van der Waals surface area (Å²) in [6.07, 6.45) is 0.236. The molecule has 0 saturated heterocycles. The standard InChI is InChI=1S/C10H15N3O4S3/c1-2-9(10(11)18)20(16,17)13-7-3-5-8(6-4-7)19(12,14)15/h3-6,9,13H,2H2,1H3,(H2,11,18)(H2,12,14,15). The minimum atomic E-state index is -3.82. The summed E-state index contributed by atoms with van der Waals surface area (Å²) in [5.74, 6) is 0. The Hall–Kier alpha value is -1.23. The first kappa shape index (κ1) is 16.8. The zero-order chi connectivity index (χ0) is 15.6. The van der Waals surface area contributed by atoms with Crippen LogP contribution in [0.4, 0.5) is 5.69 Å². The van der Waals surface area contributed by atoms with Crippen LogP contribution < -0.4 is 15.6 Å². The van der Waals surface area contributed by atoms with E-state index in [0.717, 1.165) is 0 Å². The van der Waals surface area contributed by atoms with Gasteiger partial charge in [0.15, 0.2) is 0 Å². The van der Waals surface area contributed by atoms with E-state index in [-0.39, 0.29) is 22.0 Å². The van der Waals surface area contributed by atoms with E-state index in [2.05, 4.69) is 4.72 Å². The highest BCUT2D eigenvalue weighted by molar-refractivity contribution is 7.95. The van der Waals surface area contributed by atoms with Gasteiger partial charge in [-0.2, -0.15) is 0 Å². The van der Waals surface area contributed by atoms with Crippen molar-refractivity contribution >= 4 is 42.9 Å². The Morgan fingerprint density at radius 2 is 1.75 bits per heavy atom. The molecule has 0 aliphatic rings. The summed E-state index contributed by atoms with van der Waals surface area (Å²) in [4.78, 5) is -0.233. The summed E-state index contributed by atoms with van der Waals surface area (Å²) >= 11 is 4.71. The molecule has 1 aromatic rings. The monoisotopic (exact) mass is 337 g/mol. The molecule has 20 heavy (non-hydrogen) atoms. The molecule has 0 aliphatic carbocycles. The van der Waals surface area contributed by atoms with E-state index >= 15 is 0 Å². The molecule has 0 fully saturated rings. The molecule has 5 N–H and O–H groups in total. The van der Waals surface area contributed by atoms with Crippen LogP contribution in [0.3, 0.4) is 0 Å². The number of nitrogens with one attached hydrogen (secondary N) is 1. The van der Waals surface area contributed by atoms with Crippen molar-refractivity contribution in [3.63, 3.8) is 0 Å². The van der Waals surface area contributed by atoms with Gasteiger partial charge < -0.3 is 5.73 Å². The number of rotatable bonds is 6. The molecule has 0 radical (unpaired) electrons. The van der Waals surface area contributed by atoms with Crippen molar-refractivity contribution in [1.82, 2.24) is 0 Å². The van der Waals surface area contributed by atoms with Crippen LogP contribution in [0.1, 0.15) is 13.3 Å². The molecular weight excluding hydrogens is 322 g/mol. The average Bonchev–Trinajstić information content (AvgIpc) is 2.27. The smallest absolute Gasteiger partial charge is 0.242 e. The minimum absolute atomic E-state index is 0.109. The van der Waals surface area contributed by atoms with Crippen molar-refractivity contribution in [1.29, 1.82) is 0 Å². The molecule has 7 nitrogen and oxygen atoms in total. The van der Waals surface area contributed by atoms with Crippen molar-refractivity contribution in [3.05, 3.63) is 24.3 Å². The second-order valence-electron chi connectivity index (χ2n) is 4.02. The highest BCUT2D eigenvalue weighted by atomic mass is 32.2. The third-order valence-corrected chi connectivity index (χ3v) is 5.73. The fraction of sp³-hybridized carbons (Fsp3) is 0.300. The van der Waals surface area contributed by atoms with Crippen molar-refractivity contribution in [2.24, 2.45) is 10.9 Å². The zero-order valence-electron chi connectivity index (χ0n) is 10.6. The van der Waals surface area contributed by atoms with Crippen LogP contribution in [0.15, 0.2) is 29.2 Å². The number of hydrogen-bond acceptors (Lipinski definition) is 5. The summed E-state index contributed by atoms with van der Waals surface area (Å²) in [7, 11) is -7.59. The lowest BCUT2D eigenvalue weighted by Crippen LogP contribution is -2.37. The molecule has 1 unspecified atom stereocenters. The number of anilines is 1. The van der Waals surface area contributed by atoms with Crippen molar-refractivity contribution < 1.29 is 16.8 Å². The number of sulfonamides is 2. The third-order valence-electron chi connectivity index (χ3n) is 2.51. The van der Waals surface area contributed by atoms with Gasteiger partial charge in [0.25, 0.3) is 0 Å². The predicted molar refractivity (Wildman–Crippen MR) is 81.2 cm³/mol. The summed E-state index contributed by atoms with van der Waals surface area (Å²) in [5.41, 5.74) is 5.59. The Morgan fingerprint density at radius 1 is 1.25 bits per heavy atom. The van der Waals surface area contributed by atoms with Gasteiger partial charge in [0.05, 0.1) is 9.88 Å². The number of hydrogen-bond donors (Lipinski definition) is 3. The fourth-order valence-electron chi connectivity index (χ4n) is 1.52. The lowest BCUT2D eigenvalue weighted by Gasteiger charge is -2.16. The van der Waals surface area contributed by atoms with Crippen molar-refractivity contribution in [2.45, 2.75) is 23.5 Å². The Balaban J connectivity index is 3.02. The molecular formula is C10H15N3O4S3. The van der Waals surface area contributed by atoms with Crippen molar-refractivity contribution in [2.75, 3.05) is 4.72 Å². The van der Waals surface area contributed by atoms with Gasteiger partial charge in [0, 0.05) is 5.69 Å². The molecule has 1 atom stereocenters. The van der Waals surface area contributed by atoms with Crippen molar-refractivity contribution in [3.8, 4) is 0 Å². The highest BCUT2D eigenvalue weighted by Gasteiger charge is 2.26. The van der Waals surface area contributed by atoms with Gasteiger partial charge in [0.1, 0.15) is 5.25 Å². The molecule has 1 aromatic carbocycles. The van der Waals surface area contributed by atoms with Gasteiger partial charge in [0.2, 0.25) is 20.0 Å². The van der Waals surface area contributed by atoms with Gasteiger partial charge in [-0.3, -0.25) is 4.72 Å². The molecule has 10 heteroatoms. The van der Waals surface area contributed by atoms with Crippen LogP contribution in [0.5, 0.6) is 0 Å². The minimum Gasteiger partial charge on any atom is -0.392 e. The van der Waals surface area contributed by atoms with Gasteiger partial charge in [-0.1, -0.05) is 19.1 Å². The van der Waals surface area contributed by atoms with Gasteiger partial charge in [-0.25, -0.2) is 22.0 Å². The maximum atomic E-state index is 12.0. The Kier molecular flexibility index (Phi) is 5.08. The number of primary sulfonamides is 1. The lowest BCUT2D eigenvalue weighted by atomic mass is 10.3. The fourth-order valence-corrected chi connectivity index (χ4v) is 3.94. The summed E-state index contributed by atoms with van der Waals surface area (Å²) in [5, 5.41) is 3.95. The maximum absolute atomic E-state index is 12.0. The van der Waals surface area contributed by atoms with Gasteiger partial charge >= 0.3 is 0 Å². The van der Waals surface area contributed by atoms with Crippen LogP contribution in [0.2, 0.25) is 0 Å². The molecule has 0 heterocycles. The number of nitrogens with two attached hydrogens (primary N) is 2. The molecule has 1 rings (SSSR count). The maximum Gasteiger partial charge on any atom is 0.242 e. The molecule has 0 bridgehead atoms. The summed E-state index contributed by atoms with van der Waals surface area (Å²) in [6, 6.07) is 5.00. The van der Waals surface area contributed by atoms with E-state index in [1.807, 2.05) is 0 Å². The molecule has 0 aliphatic heterocycles. The van der Waals surface area contributed by atoms with Crippen LogP contribution in [0, 0.1) is 0 Å². The molecule has 112 valence electrons. The van der Waals surface area contributed by atoms with Crippen LogP contribution in [-0.4, -0.2) is 27.1 Å². The highest BCUT2D eigenvalue weighted by Crippen LogP contribution is 2.16.